The fourth-order valence-electron chi connectivity index (χ4n) is 0.134. The van der Waals surface area contributed by atoms with Crippen molar-refractivity contribution in [2.75, 3.05) is 0 Å². The van der Waals surface area contributed by atoms with Crippen LogP contribution in [0.3, 0.4) is 0 Å². The van der Waals surface area contributed by atoms with E-state index in [1.54, 1.807) is 0 Å². The molecule has 1 N–H and O–H groups in total. The van der Waals surface area contributed by atoms with Crippen LogP contribution in [0.1, 0.15) is 6.92 Å². The standard InChI is InChI=1S/C5H7ClO2/c1-3(4(2)6)5(7)8/h3H,2H2,1H3,(H,7,8). The van der Waals surface area contributed by atoms with Crippen LogP contribution in [-0.2, 0) is 4.79 Å². The second-order valence-electron chi connectivity index (χ2n) is 1.51. The molecule has 0 fully saturated rings. The molecule has 1 unspecified atom stereocenters. The highest BCUT2D eigenvalue weighted by Gasteiger charge is 2.11. The van der Waals surface area contributed by atoms with Gasteiger partial charge in [-0.3, -0.25) is 4.79 Å². The van der Waals surface area contributed by atoms with Crippen molar-refractivity contribution in [1.29, 1.82) is 0 Å². The highest BCUT2D eigenvalue weighted by Crippen LogP contribution is 2.11. The predicted octanol–water partition coefficient (Wildman–Crippen LogP) is 1.46. The summed E-state index contributed by atoms with van der Waals surface area (Å²) in [5.41, 5.74) is 0. The number of carboxylic acid groups (broad SMARTS) is 1. The van der Waals surface area contributed by atoms with Crippen LogP contribution in [0.25, 0.3) is 0 Å². The van der Waals surface area contributed by atoms with E-state index in [-0.39, 0.29) is 5.03 Å². The Morgan fingerprint density at radius 2 is 2.25 bits per heavy atom. The third-order valence-electron chi connectivity index (χ3n) is 0.840. The number of rotatable bonds is 2. The van der Waals surface area contributed by atoms with Crippen molar-refractivity contribution in [3.8, 4) is 0 Å². The van der Waals surface area contributed by atoms with E-state index in [2.05, 4.69) is 6.58 Å². The summed E-state index contributed by atoms with van der Waals surface area (Å²) < 4.78 is 0. The summed E-state index contributed by atoms with van der Waals surface area (Å²) in [5.74, 6) is -1.58. The van der Waals surface area contributed by atoms with E-state index < -0.39 is 11.9 Å². The SMILES string of the molecule is C=C(Cl)C(C)C(=O)O. The highest BCUT2D eigenvalue weighted by atomic mass is 35.5. The van der Waals surface area contributed by atoms with E-state index in [4.69, 9.17) is 16.7 Å². The molecule has 3 heteroatoms. The van der Waals surface area contributed by atoms with Gasteiger partial charge >= 0.3 is 5.97 Å². The summed E-state index contributed by atoms with van der Waals surface area (Å²) >= 11 is 5.25. The van der Waals surface area contributed by atoms with Crippen LogP contribution < -0.4 is 0 Å². The molecular formula is C5H7ClO2. The Morgan fingerprint density at radius 1 is 1.88 bits per heavy atom. The Balaban J connectivity index is 3.83. The fourth-order valence-corrected chi connectivity index (χ4v) is 0.227. The van der Waals surface area contributed by atoms with Crippen LogP contribution in [-0.4, -0.2) is 11.1 Å². The lowest BCUT2D eigenvalue weighted by atomic mass is 10.2. The average molecular weight is 135 g/mol. The predicted molar refractivity (Wildman–Crippen MR) is 31.8 cm³/mol. The van der Waals surface area contributed by atoms with Gasteiger partial charge in [0, 0.05) is 5.03 Å². The number of hydrogen-bond donors (Lipinski definition) is 1. The lowest BCUT2D eigenvalue weighted by Gasteiger charge is -1.99. The van der Waals surface area contributed by atoms with E-state index in [1.807, 2.05) is 0 Å². The zero-order valence-electron chi connectivity index (χ0n) is 4.52. The molecule has 0 aliphatic heterocycles. The summed E-state index contributed by atoms with van der Waals surface area (Å²) in [5, 5.41) is 8.37. The van der Waals surface area contributed by atoms with Crippen molar-refractivity contribution in [1.82, 2.24) is 0 Å². The first kappa shape index (κ1) is 7.50. The van der Waals surface area contributed by atoms with E-state index in [0.717, 1.165) is 0 Å². The van der Waals surface area contributed by atoms with Crippen LogP contribution in [0.4, 0.5) is 0 Å². The van der Waals surface area contributed by atoms with E-state index in [9.17, 15) is 4.79 Å². The highest BCUT2D eigenvalue weighted by molar-refractivity contribution is 6.30. The molecule has 0 amide bonds. The van der Waals surface area contributed by atoms with Crippen molar-refractivity contribution in [3.05, 3.63) is 11.6 Å². The van der Waals surface area contributed by atoms with Gasteiger partial charge in [-0.25, -0.2) is 0 Å². The molecule has 1 atom stereocenters. The molecule has 0 rings (SSSR count). The van der Waals surface area contributed by atoms with Crippen molar-refractivity contribution in [3.63, 3.8) is 0 Å². The lowest BCUT2D eigenvalue weighted by Crippen LogP contribution is -2.08. The molecule has 0 heterocycles. The molecule has 0 radical (unpaired) electrons. The second-order valence-corrected chi connectivity index (χ2v) is 1.99. The zero-order chi connectivity index (χ0) is 6.73. The molecule has 0 saturated carbocycles. The van der Waals surface area contributed by atoms with Gasteiger partial charge < -0.3 is 5.11 Å². The van der Waals surface area contributed by atoms with E-state index >= 15 is 0 Å². The summed E-state index contributed by atoms with van der Waals surface area (Å²) in [7, 11) is 0. The van der Waals surface area contributed by atoms with E-state index in [1.165, 1.54) is 6.92 Å². The first-order valence-electron chi connectivity index (χ1n) is 2.12. The molecule has 0 aromatic rings. The monoisotopic (exact) mass is 134 g/mol. The van der Waals surface area contributed by atoms with Gasteiger partial charge in [0.1, 0.15) is 0 Å². The largest absolute Gasteiger partial charge is 0.481 e. The molecule has 46 valence electrons. The molecule has 0 bridgehead atoms. The number of hydrogen-bond acceptors (Lipinski definition) is 1. The van der Waals surface area contributed by atoms with Gasteiger partial charge in [-0.1, -0.05) is 18.2 Å². The Hall–Kier alpha value is -0.500. The van der Waals surface area contributed by atoms with Crippen molar-refractivity contribution in [2.45, 2.75) is 6.92 Å². The van der Waals surface area contributed by atoms with Crippen LogP contribution in [0.15, 0.2) is 11.6 Å². The third-order valence-corrected chi connectivity index (χ3v) is 1.17. The van der Waals surface area contributed by atoms with Crippen LogP contribution in [0.2, 0.25) is 0 Å². The Kier molecular flexibility index (Phi) is 2.55. The van der Waals surface area contributed by atoms with Crippen molar-refractivity contribution >= 4 is 17.6 Å². The molecule has 0 aromatic carbocycles. The zero-order valence-corrected chi connectivity index (χ0v) is 5.27. The van der Waals surface area contributed by atoms with Gasteiger partial charge in [0.2, 0.25) is 0 Å². The lowest BCUT2D eigenvalue weighted by molar-refractivity contribution is -0.139. The van der Waals surface area contributed by atoms with Gasteiger partial charge in [0.05, 0.1) is 5.92 Å². The minimum absolute atomic E-state index is 0.164. The molecule has 0 saturated heterocycles. The number of carbonyl (C=O) groups is 1. The van der Waals surface area contributed by atoms with E-state index in [0.29, 0.717) is 0 Å². The normalized spacial score (nSPS) is 12.8. The minimum Gasteiger partial charge on any atom is -0.481 e. The Bertz CT molecular complexity index is 106. The number of carboxylic acids is 1. The molecule has 0 spiro atoms. The quantitative estimate of drug-likeness (QED) is 0.621. The Labute approximate surface area is 52.8 Å². The van der Waals surface area contributed by atoms with Crippen molar-refractivity contribution < 1.29 is 9.90 Å². The summed E-state index contributed by atoms with van der Waals surface area (Å²) in [6, 6.07) is 0. The maximum Gasteiger partial charge on any atom is 0.311 e. The maximum atomic E-state index is 10.00. The van der Waals surface area contributed by atoms with Gasteiger partial charge in [-0.2, -0.15) is 0 Å². The van der Waals surface area contributed by atoms with Gasteiger partial charge in [0.15, 0.2) is 0 Å². The maximum absolute atomic E-state index is 10.00. The molecule has 8 heavy (non-hydrogen) atoms. The van der Waals surface area contributed by atoms with Crippen molar-refractivity contribution in [2.24, 2.45) is 5.92 Å². The third kappa shape index (κ3) is 1.98. The average Bonchev–Trinajstić information content (AvgIpc) is 1.64. The Morgan fingerprint density at radius 3 is 2.25 bits per heavy atom. The first-order valence-corrected chi connectivity index (χ1v) is 2.50. The summed E-state index contributed by atoms with van der Waals surface area (Å²) in [6.07, 6.45) is 0. The topological polar surface area (TPSA) is 37.3 Å². The first-order chi connectivity index (χ1) is 3.55. The number of aliphatic carboxylic acids is 1. The molecule has 0 aliphatic carbocycles. The van der Waals surface area contributed by atoms with Gasteiger partial charge in [0.25, 0.3) is 0 Å². The van der Waals surface area contributed by atoms with Crippen LogP contribution in [0.5, 0.6) is 0 Å². The smallest absolute Gasteiger partial charge is 0.311 e. The molecular weight excluding hydrogens is 128 g/mol. The van der Waals surface area contributed by atoms with Crippen LogP contribution >= 0.6 is 11.6 Å². The molecule has 0 aliphatic rings. The minimum atomic E-state index is -0.940. The summed E-state index contributed by atoms with van der Waals surface area (Å²) in [4.78, 5) is 10.00. The van der Waals surface area contributed by atoms with Gasteiger partial charge in [-0.05, 0) is 6.92 Å². The number of halogens is 1. The van der Waals surface area contributed by atoms with Crippen LogP contribution in [0, 0.1) is 5.92 Å². The fraction of sp³-hybridized carbons (Fsp3) is 0.400. The second kappa shape index (κ2) is 2.72. The molecule has 2 nitrogen and oxygen atoms in total. The summed E-state index contributed by atoms with van der Waals surface area (Å²) in [6.45, 7) is 4.74. The molecule has 0 aromatic heterocycles. The van der Waals surface area contributed by atoms with Gasteiger partial charge in [-0.15, -0.1) is 0 Å².